The van der Waals surface area contributed by atoms with Crippen molar-refractivity contribution in [2.75, 3.05) is 0 Å². The third-order valence-corrected chi connectivity index (χ3v) is 1.64. The molecular formula is C8H13O. The number of rotatable bonds is 2. The molecule has 0 aromatic heterocycles. The second-order valence-corrected chi connectivity index (χ2v) is 2.36. The van der Waals surface area contributed by atoms with E-state index in [4.69, 9.17) is 4.74 Å². The van der Waals surface area contributed by atoms with Crippen LogP contribution in [0.15, 0.2) is 12.8 Å². The Hall–Kier alpha value is -0.460. The predicted molar refractivity (Wildman–Crippen MR) is 37.8 cm³/mol. The van der Waals surface area contributed by atoms with Gasteiger partial charge in [0.1, 0.15) is 6.10 Å². The Balaban J connectivity index is 2.15. The van der Waals surface area contributed by atoms with Crippen molar-refractivity contribution in [2.45, 2.75) is 31.8 Å². The van der Waals surface area contributed by atoms with Gasteiger partial charge in [-0.3, -0.25) is 0 Å². The molecule has 0 amide bonds. The molecule has 1 aliphatic rings. The zero-order chi connectivity index (χ0) is 6.53. The van der Waals surface area contributed by atoms with Gasteiger partial charge in [-0.05, 0) is 19.3 Å². The lowest BCUT2D eigenvalue weighted by atomic mass is 9.98. The standard InChI is InChI=1S/C8H13O/c1-2-9-8-6-4-3-5-7-8/h2,6,8H,1,3-5,7H2. The van der Waals surface area contributed by atoms with E-state index in [9.17, 15) is 0 Å². The van der Waals surface area contributed by atoms with Crippen molar-refractivity contribution >= 4 is 0 Å². The minimum absolute atomic E-state index is 0.358. The van der Waals surface area contributed by atoms with Gasteiger partial charge in [-0.15, -0.1) is 0 Å². The van der Waals surface area contributed by atoms with Crippen LogP contribution in [0.1, 0.15) is 25.7 Å². The largest absolute Gasteiger partial charge is 0.498 e. The zero-order valence-corrected chi connectivity index (χ0v) is 5.68. The van der Waals surface area contributed by atoms with Gasteiger partial charge in [-0.1, -0.05) is 13.0 Å². The molecule has 1 aliphatic carbocycles. The second-order valence-electron chi connectivity index (χ2n) is 2.36. The topological polar surface area (TPSA) is 9.23 Å². The van der Waals surface area contributed by atoms with E-state index >= 15 is 0 Å². The molecule has 1 nitrogen and oxygen atoms in total. The lowest BCUT2D eigenvalue weighted by Gasteiger charge is -2.19. The molecule has 1 saturated carbocycles. The van der Waals surface area contributed by atoms with E-state index in [2.05, 4.69) is 13.0 Å². The maximum atomic E-state index is 5.19. The predicted octanol–water partition coefficient (Wildman–Crippen LogP) is 2.29. The summed E-state index contributed by atoms with van der Waals surface area (Å²) in [5.74, 6) is 0. The Morgan fingerprint density at radius 2 is 2.44 bits per heavy atom. The van der Waals surface area contributed by atoms with Gasteiger partial charge in [0.2, 0.25) is 0 Å². The molecule has 1 rings (SSSR count). The lowest BCUT2D eigenvalue weighted by molar-refractivity contribution is 0.146. The molecule has 1 fully saturated rings. The molecule has 0 aliphatic heterocycles. The molecule has 0 aromatic rings. The zero-order valence-electron chi connectivity index (χ0n) is 5.68. The van der Waals surface area contributed by atoms with E-state index in [1.165, 1.54) is 31.9 Å². The monoisotopic (exact) mass is 125 g/mol. The molecule has 9 heavy (non-hydrogen) atoms. The first-order valence-corrected chi connectivity index (χ1v) is 3.53. The van der Waals surface area contributed by atoms with Gasteiger partial charge in [0.05, 0.1) is 6.26 Å². The summed E-state index contributed by atoms with van der Waals surface area (Å²) in [5.41, 5.74) is 0. The third-order valence-electron chi connectivity index (χ3n) is 1.64. The summed E-state index contributed by atoms with van der Waals surface area (Å²) in [6.45, 7) is 3.51. The van der Waals surface area contributed by atoms with Gasteiger partial charge in [0, 0.05) is 6.42 Å². The molecule has 0 spiro atoms. The summed E-state index contributed by atoms with van der Waals surface area (Å²) in [4.78, 5) is 0. The molecule has 1 atom stereocenters. The average molecular weight is 125 g/mol. The molecule has 0 saturated heterocycles. The Morgan fingerprint density at radius 1 is 1.56 bits per heavy atom. The summed E-state index contributed by atoms with van der Waals surface area (Å²) in [5, 5.41) is 0. The van der Waals surface area contributed by atoms with Crippen LogP contribution in [0.4, 0.5) is 0 Å². The molecule has 51 valence electrons. The maximum absolute atomic E-state index is 5.19. The Morgan fingerprint density at radius 3 is 3.00 bits per heavy atom. The number of ether oxygens (including phenoxy) is 1. The summed E-state index contributed by atoms with van der Waals surface area (Å²) in [6, 6.07) is 0. The van der Waals surface area contributed by atoms with Crippen LogP contribution in [-0.2, 0) is 4.74 Å². The average Bonchev–Trinajstić information content (AvgIpc) is 1.91. The van der Waals surface area contributed by atoms with Crippen LogP contribution >= 0.6 is 0 Å². The molecule has 1 heteroatoms. The summed E-state index contributed by atoms with van der Waals surface area (Å²) in [6.07, 6.45) is 9.13. The van der Waals surface area contributed by atoms with Crippen LogP contribution in [0.2, 0.25) is 0 Å². The van der Waals surface area contributed by atoms with Gasteiger partial charge < -0.3 is 4.74 Å². The van der Waals surface area contributed by atoms with Crippen molar-refractivity contribution in [2.24, 2.45) is 0 Å². The van der Waals surface area contributed by atoms with Crippen molar-refractivity contribution in [1.82, 2.24) is 0 Å². The number of hydrogen-bond acceptors (Lipinski definition) is 1. The first-order valence-electron chi connectivity index (χ1n) is 3.53. The third kappa shape index (κ3) is 2.08. The summed E-state index contributed by atoms with van der Waals surface area (Å²) < 4.78 is 5.19. The van der Waals surface area contributed by atoms with Gasteiger partial charge in [-0.25, -0.2) is 0 Å². The van der Waals surface area contributed by atoms with Crippen molar-refractivity contribution < 1.29 is 4.74 Å². The fraction of sp³-hybridized carbons (Fsp3) is 0.625. The van der Waals surface area contributed by atoms with Crippen LogP contribution in [0.3, 0.4) is 0 Å². The molecule has 0 N–H and O–H groups in total. The Kier molecular flexibility index (Phi) is 2.62. The van der Waals surface area contributed by atoms with Crippen molar-refractivity contribution in [1.29, 1.82) is 0 Å². The second kappa shape index (κ2) is 3.54. The highest BCUT2D eigenvalue weighted by Crippen LogP contribution is 2.18. The van der Waals surface area contributed by atoms with Gasteiger partial charge in [0.25, 0.3) is 0 Å². The SMILES string of the molecule is C=COC1[CH]CCCC1. The van der Waals surface area contributed by atoms with E-state index in [-0.39, 0.29) is 0 Å². The Labute approximate surface area is 56.7 Å². The first-order chi connectivity index (χ1) is 4.43. The molecule has 0 aromatic carbocycles. The van der Waals surface area contributed by atoms with E-state index in [0.29, 0.717) is 6.10 Å². The summed E-state index contributed by atoms with van der Waals surface area (Å²) >= 11 is 0. The highest BCUT2D eigenvalue weighted by atomic mass is 16.5. The maximum Gasteiger partial charge on any atom is 0.101 e. The molecular weight excluding hydrogens is 112 g/mol. The lowest BCUT2D eigenvalue weighted by Crippen LogP contribution is -2.14. The van der Waals surface area contributed by atoms with E-state index in [1.54, 1.807) is 0 Å². The van der Waals surface area contributed by atoms with Crippen LogP contribution in [0.25, 0.3) is 0 Å². The molecule has 0 heterocycles. The Bertz CT molecular complexity index is 82.6. The molecule has 1 radical (unpaired) electrons. The van der Waals surface area contributed by atoms with Crippen molar-refractivity contribution in [3.8, 4) is 0 Å². The van der Waals surface area contributed by atoms with E-state index in [0.717, 1.165) is 0 Å². The van der Waals surface area contributed by atoms with Crippen LogP contribution < -0.4 is 0 Å². The van der Waals surface area contributed by atoms with E-state index in [1.807, 2.05) is 0 Å². The normalized spacial score (nSPS) is 21.3. The smallest absolute Gasteiger partial charge is 0.101 e. The molecule has 1 unspecified atom stereocenters. The molecule has 0 bridgehead atoms. The highest BCUT2D eigenvalue weighted by Gasteiger charge is 2.12. The van der Waals surface area contributed by atoms with Crippen molar-refractivity contribution in [3.05, 3.63) is 19.3 Å². The minimum Gasteiger partial charge on any atom is -0.498 e. The van der Waals surface area contributed by atoms with Crippen molar-refractivity contribution in [3.63, 3.8) is 0 Å². The fourth-order valence-electron chi connectivity index (χ4n) is 1.16. The van der Waals surface area contributed by atoms with Gasteiger partial charge in [-0.2, -0.15) is 0 Å². The van der Waals surface area contributed by atoms with Gasteiger partial charge in [0.15, 0.2) is 0 Å². The quantitative estimate of drug-likeness (QED) is 0.514. The van der Waals surface area contributed by atoms with E-state index < -0.39 is 0 Å². The summed E-state index contributed by atoms with van der Waals surface area (Å²) in [7, 11) is 0. The van der Waals surface area contributed by atoms with Gasteiger partial charge >= 0.3 is 0 Å². The highest BCUT2D eigenvalue weighted by molar-refractivity contribution is 4.82. The fourth-order valence-corrected chi connectivity index (χ4v) is 1.16. The minimum atomic E-state index is 0.358. The van der Waals surface area contributed by atoms with Crippen LogP contribution in [0, 0.1) is 6.42 Å². The first kappa shape index (κ1) is 6.66. The number of hydrogen-bond donors (Lipinski definition) is 0. The van der Waals surface area contributed by atoms with Crippen LogP contribution in [-0.4, -0.2) is 6.10 Å². The van der Waals surface area contributed by atoms with Crippen LogP contribution in [0.5, 0.6) is 0 Å².